The molecule has 2 rings (SSSR count). The molecular weight excluding hydrogens is 182 g/mol. The van der Waals surface area contributed by atoms with E-state index in [1.807, 2.05) is 0 Å². The quantitative estimate of drug-likeness (QED) is 0.601. The molecule has 0 aliphatic carbocycles. The van der Waals surface area contributed by atoms with E-state index in [0.29, 0.717) is 19.5 Å². The Morgan fingerprint density at radius 2 is 2.50 bits per heavy atom. The van der Waals surface area contributed by atoms with Gasteiger partial charge < -0.3 is 15.2 Å². The zero-order valence-electron chi connectivity index (χ0n) is 7.98. The lowest BCUT2D eigenvalue weighted by Gasteiger charge is -2.20. The van der Waals surface area contributed by atoms with Gasteiger partial charge in [0.15, 0.2) is 0 Å². The van der Waals surface area contributed by atoms with Crippen LogP contribution in [0.2, 0.25) is 0 Å². The molecule has 1 aromatic rings. The number of nitrogens with zero attached hydrogens (tertiary/aromatic N) is 2. The molecule has 0 radical (unpaired) electrons. The summed E-state index contributed by atoms with van der Waals surface area (Å²) in [6, 6.07) is 0. The van der Waals surface area contributed by atoms with E-state index in [4.69, 9.17) is 5.11 Å². The number of H-pyrrole nitrogens is 1. The second-order valence-electron chi connectivity index (χ2n) is 3.88. The van der Waals surface area contributed by atoms with E-state index in [9.17, 15) is 5.11 Å². The zero-order chi connectivity index (χ0) is 10.0. The number of aromatic nitrogens is 2. The Hall–Kier alpha value is -0.910. The number of imidazole rings is 1. The number of hydrogen-bond acceptors (Lipinski definition) is 4. The molecule has 5 nitrogen and oxygen atoms in total. The summed E-state index contributed by atoms with van der Waals surface area (Å²) < 4.78 is 0. The van der Waals surface area contributed by atoms with Crippen molar-refractivity contribution < 1.29 is 10.2 Å². The van der Waals surface area contributed by atoms with Gasteiger partial charge in [0.1, 0.15) is 11.4 Å². The van der Waals surface area contributed by atoms with E-state index in [2.05, 4.69) is 14.9 Å². The Balaban J connectivity index is 1.90. The van der Waals surface area contributed by atoms with Gasteiger partial charge in [0, 0.05) is 25.5 Å². The molecule has 0 aromatic carbocycles. The number of likely N-dealkylation sites (tertiary alicyclic amines) is 1. The van der Waals surface area contributed by atoms with Crippen LogP contribution in [0.3, 0.4) is 0 Å². The molecule has 0 bridgehead atoms. The van der Waals surface area contributed by atoms with E-state index in [1.165, 1.54) is 0 Å². The zero-order valence-corrected chi connectivity index (χ0v) is 7.98. The highest BCUT2D eigenvalue weighted by atomic mass is 16.3. The highest BCUT2D eigenvalue weighted by molar-refractivity contribution is 4.93. The van der Waals surface area contributed by atoms with Gasteiger partial charge in [-0.05, 0) is 6.42 Å². The summed E-state index contributed by atoms with van der Waals surface area (Å²) in [5.41, 5.74) is -0.910. The molecule has 5 heteroatoms. The molecule has 14 heavy (non-hydrogen) atoms. The van der Waals surface area contributed by atoms with Gasteiger partial charge in [-0.15, -0.1) is 0 Å². The van der Waals surface area contributed by atoms with Crippen LogP contribution in [0, 0.1) is 0 Å². The molecule has 3 N–H and O–H groups in total. The molecule has 0 amide bonds. The normalized spacial score (nSPS) is 28.4. The van der Waals surface area contributed by atoms with Crippen LogP contribution < -0.4 is 0 Å². The number of aliphatic hydroxyl groups excluding tert-OH is 1. The summed E-state index contributed by atoms with van der Waals surface area (Å²) in [5, 5.41) is 18.7. The van der Waals surface area contributed by atoms with Crippen LogP contribution in [-0.2, 0) is 6.54 Å². The van der Waals surface area contributed by atoms with Crippen molar-refractivity contribution in [3.05, 3.63) is 18.2 Å². The fraction of sp³-hybridized carbons (Fsp3) is 0.667. The molecule has 0 spiro atoms. The topological polar surface area (TPSA) is 72.4 Å². The summed E-state index contributed by atoms with van der Waals surface area (Å²) >= 11 is 0. The first kappa shape index (κ1) is 9.64. The van der Waals surface area contributed by atoms with Crippen molar-refractivity contribution in [2.45, 2.75) is 18.6 Å². The first-order valence-corrected chi connectivity index (χ1v) is 4.76. The van der Waals surface area contributed by atoms with Gasteiger partial charge in [0.2, 0.25) is 0 Å². The maximum absolute atomic E-state index is 9.78. The van der Waals surface area contributed by atoms with Gasteiger partial charge in [-0.3, -0.25) is 4.90 Å². The lowest BCUT2D eigenvalue weighted by molar-refractivity contribution is -0.00594. The van der Waals surface area contributed by atoms with Gasteiger partial charge in [-0.25, -0.2) is 4.98 Å². The minimum Gasteiger partial charge on any atom is -0.393 e. The third-order valence-corrected chi connectivity index (χ3v) is 2.63. The molecule has 0 saturated carbocycles. The number of aliphatic hydroxyl groups is 2. The van der Waals surface area contributed by atoms with Crippen LogP contribution in [0.25, 0.3) is 0 Å². The molecule has 1 fully saturated rings. The Morgan fingerprint density at radius 3 is 3.07 bits per heavy atom. The SMILES string of the molecule is OCC1(O)CCN(Cc2ncc[nH]2)C1. The lowest BCUT2D eigenvalue weighted by atomic mass is 10.1. The van der Waals surface area contributed by atoms with Gasteiger partial charge in [0.05, 0.1) is 13.2 Å². The first-order chi connectivity index (χ1) is 6.72. The van der Waals surface area contributed by atoms with Crippen LogP contribution >= 0.6 is 0 Å². The molecule has 1 aromatic heterocycles. The van der Waals surface area contributed by atoms with Crippen molar-refractivity contribution in [3.63, 3.8) is 0 Å². The smallest absolute Gasteiger partial charge is 0.120 e. The first-order valence-electron chi connectivity index (χ1n) is 4.76. The molecule has 1 atom stereocenters. The largest absolute Gasteiger partial charge is 0.393 e. The Morgan fingerprint density at radius 1 is 1.64 bits per heavy atom. The summed E-state index contributed by atoms with van der Waals surface area (Å²) in [6.07, 6.45) is 4.12. The van der Waals surface area contributed by atoms with Crippen molar-refractivity contribution in [1.29, 1.82) is 0 Å². The van der Waals surface area contributed by atoms with Crippen LogP contribution in [0.4, 0.5) is 0 Å². The molecule has 1 aliphatic heterocycles. The van der Waals surface area contributed by atoms with E-state index in [1.54, 1.807) is 12.4 Å². The maximum atomic E-state index is 9.78. The number of nitrogens with one attached hydrogen (secondary N) is 1. The predicted octanol–water partition coefficient (Wildman–Crippen LogP) is -0.661. The van der Waals surface area contributed by atoms with Crippen molar-refractivity contribution in [3.8, 4) is 0 Å². The fourth-order valence-corrected chi connectivity index (χ4v) is 1.80. The minimum absolute atomic E-state index is 0.165. The van der Waals surface area contributed by atoms with Gasteiger partial charge >= 0.3 is 0 Å². The van der Waals surface area contributed by atoms with Crippen LogP contribution in [-0.4, -0.2) is 50.4 Å². The Kier molecular flexibility index (Phi) is 2.54. The number of rotatable bonds is 3. The van der Waals surface area contributed by atoms with E-state index < -0.39 is 5.60 Å². The summed E-state index contributed by atoms with van der Waals surface area (Å²) in [6.45, 7) is 1.86. The fourth-order valence-electron chi connectivity index (χ4n) is 1.80. The number of hydrogen-bond donors (Lipinski definition) is 3. The van der Waals surface area contributed by atoms with Crippen LogP contribution in [0.5, 0.6) is 0 Å². The molecule has 2 heterocycles. The number of aromatic amines is 1. The molecule has 1 unspecified atom stereocenters. The minimum atomic E-state index is -0.910. The van der Waals surface area contributed by atoms with Gasteiger partial charge in [-0.2, -0.15) is 0 Å². The molecule has 1 saturated heterocycles. The summed E-state index contributed by atoms with van der Waals surface area (Å²) in [7, 11) is 0. The monoisotopic (exact) mass is 197 g/mol. The van der Waals surface area contributed by atoms with Crippen molar-refractivity contribution >= 4 is 0 Å². The van der Waals surface area contributed by atoms with Crippen LogP contribution in [0.15, 0.2) is 12.4 Å². The van der Waals surface area contributed by atoms with E-state index in [0.717, 1.165) is 12.4 Å². The summed E-state index contributed by atoms with van der Waals surface area (Å²) in [5.74, 6) is 0.896. The second-order valence-corrected chi connectivity index (χ2v) is 3.88. The molecule has 1 aliphatic rings. The third-order valence-electron chi connectivity index (χ3n) is 2.63. The second kappa shape index (κ2) is 3.68. The highest BCUT2D eigenvalue weighted by Crippen LogP contribution is 2.21. The van der Waals surface area contributed by atoms with Crippen molar-refractivity contribution in [2.75, 3.05) is 19.7 Å². The summed E-state index contributed by atoms with van der Waals surface area (Å²) in [4.78, 5) is 9.20. The van der Waals surface area contributed by atoms with E-state index >= 15 is 0 Å². The average Bonchev–Trinajstić information content (AvgIpc) is 2.78. The van der Waals surface area contributed by atoms with Gasteiger partial charge in [0.25, 0.3) is 0 Å². The third kappa shape index (κ3) is 1.95. The van der Waals surface area contributed by atoms with E-state index in [-0.39, 0.29) is 6.61 Å². The number of β-amino-alcohol motifs (C(OH)–C–C–N with tert-alkyl or cyclic N) is 1. The predicted molar refractivity (Wildman–Crippen MR) is 50.5 cm³/mol. The van der Waals surface area contributed by atoms with Gasteiger partial charge in [-0.1, -0.05) is 0 Å². The maximum Gasteiger partial charge on any atom is 0.120 e. The lowest BCUT2D eigenvalue weighted by Crippen LogP contribution is -2.36. The molecular formula is C9H15N3O2. The highest BCUT2D eigenvalue weighted by Gasteiger charge is 2.35. The Labute approximate surface area is 82.4 Å². The Bertz CT molecular complexity index is 288. The van der Waals surface area contributed by atoms with Crippen molar-refractivity contribution in [2.24, 2.45) is 0 Å². The molecule has 78 valence electrons. The average molecular weight is 197 g/mol. The van der Waals surface area contributed by atoms with Crippen LogP contribution in [0.1, 0.15) is 12.2 Å². The van der Waals surface area contributed by atoms with Crippen molar-refractivity contribution in [1.82, 2.24) is 14.9 Å². The standard InChI is InChI=1S/C9H15N3O2/c13-7-9(14)1-4-12(6-9)5-8-10-2-3-11-8/h2-3,13-14H,1,4-7H2,(H,10,11).